The number of carbonyl (C=O) groups excluding carboxylic acids is 1. The van der Waals surface area contributed by atoms with Crippen molar-refractivity contribution in [1.29, 1.82) is 0 Å². The normalized spacial score (nSPS) is 13.3. The summed E-state index contributed by atoms with van der Waals surface area (Å²) in [6, 6.07) is 5.19. The molecule has 5 heteroatoms. The van der Waals surface area contributed by atoms with Gasteiger partial charge in [0, 0.05) is 13.3 Å². The summed E-state index contributed by atoms with van der Waals surface area (Å²) in [6.07, 6.45) is 6.21. The summed E-state index contributed by atoms with van der Waals surface area (Å²) < 4.78 is 10.4. The SMILES string of the molecule is CCCCCCC(CC(O)CCc1ccc(O)c(OC)c1)OC(C)=O. The minimum Gasteiger partial charge on any atom is -0.504 e. The van der Waals surface area contributed by atoms with Crippen molar-refractivity contribution in [3.8, 4) is 11.5 Å². The second kappa shape index (κ2) is 11.7. The second-order valence-corrected chi connectivity index (χ2v) is 6.52. The standard InChI is InChI=1S/C20H32O5/c1-4-5-6-7-8-18(25-15(2)21)14-17(22)11-9-16-10-12-19(23)20(13-16)24-3/h10,12-13,17-18,22-23H,4-9,11,14H2,1-3H3. The molecule has 0 aliphatic heterocycles. The number of benzene rings is 1. The summed E-state index contributed by atoms with van der Waals surface area (Å²) in [5.74, 6) is 0.241. The van der Waals surface area contributed by atoms with E-state index in [0.717, 1.165) is 31.2 Å². The number of unbranched alkanes of at least 4 members (excludes halogenated alkanes) is 3. The van der Waals surface area contributed by atoms with Crippen molar-refractivity contribution < 1.29 is 24.5 Å². The topological polar surface area (TPSA) is 76.0 Å². The number of aliphatic hydroxyl groups excluding tert-OH is 1. The van der Waals surface area contributed by atoms with Gasteiger partial charge in [-0.2, -0.15) is 0 Å². The van der Waals surface area contributed by atoms with E-state index in [0.29, 0.717) is 25.0 Å². The lowest BCUT2D eigenvalue weighted by atomic mass is 9.99. The molecule has 2 atom stereocenters. The van der Waals surface area contributed by atoms with Gasteiger partial charge in [0.1, 0.15) is 6.10 Å². The van der Waals surface area contributed by atoms with Crippen LogP contribution in [-0.2, 0) is 16.0 Å². The molecule has 0 aliphatic rings. The lowest BCUT2D eigenvalue weighted by Crippen LogP contribution is -2.23. The summed E-state index contributed by atoms with van der Waals surface area (Å²) in [6.45, 7) is 3.57. The van der Waals surface area contributed by atoms with Crippen LogP contribution in [0.25, 0.3) is 0 Å². The predicted molar refractivity (Wildman–Crippen MR) is 97.9 cm³/mol. The molecule has 2 N–H and O–H groups in total. The highest BCUT2D eigenvalue weighted by molar-refractivity contribution is 5.66. The van der Waals surface area contributed by atoms with E-state index in [-0.39, 0.29) is 17.8 Å². The van der Waals surface area contributed by atoms with E-state index in [4.69, 9.17) is 9.47 Å². The number of aliphatic hydroxyl groups is 1. The number of hydrogen-bond acceptors (Lipinski definition) is 5. The van der Waals surface area contributed by atoms with Crippen molar-refractivity contribution in [1.82, 2.24) is 0 Å². The van der Waals surface area contributed by atoms with Gasteiger partial charge in [0.15, 0.2) is 11.5 Å². The number of aryl methyl sites for hydroxylation is 1. The maximum Gasteiger partial charge on any atom is 0.302 e. The van der Waals surface area contributed by atoms with Gasteiger partial charge in [-0.1, -0.05) is 32.3 Å². The van der Waals surface area contributed by atoms with Crippen molar-refractivity contribution in [2.24, 2.45) is 0 Å². The van der Waals surface area contributed by atoms with Crippen LogP contribution in [0.3, 0.4) is 0 Å². The lowest BCUT2D eigenvalue weighted by Gasteiger charge is -2.20. The first-order valence-electron chi connectivity index (χ1n) is 9.17. The monoisotopic (exact) mass is 352 g/mol. The zero-order chi connectivity index (χ0) is 18.7. The van der Waals surface area contributed by atoms with Crippen LogP contribution < -0.4 is 4.74 Å². The van der Waals surface area contributed by atoms with E-state index in [2.05, 4.69) is 6.92 Å². The molecule has 0 saturated heterocycles. The van der Waals surface area contributed by atoms with Gasteiger partial charge in [-0.15, -0.1) is 0 Å². The van der Waals surface area contributed by atoms with Crippen molar-refractivity contribution in [2.45, 2.75) is 77.4 Å². The van der Waals surface area contributed by atoms with E-state index < -0.39 is 6.10 Å². The van der Waals surface area contributed by atoms with Crippen LogP contribution in [0.4, 0.5) is 0 Å². The third-order valence-electron chi connectivity index (χ3n) is 4.26. The van der Waals surface area contributed by atoms with Gasteiger partial charge in [-0.25, -0.2) is 0 Å². The van der Waals surface area contributed by atoms with E-state index in [1.54, 1.807) is 12.1 Å². The Morgan fingerprint density at radius 1 is 1.20 bits per heavy atom. The molecule has 142 valence electrons. The number of ether oxygens (including phenoxy) is 2. The number of rotatable bonds is 12. The average molecular weight is 352 g/mol. The Kier molecular flexibility index (Phi) is 10.0. The summed E-state index contributed by atoms with van der Waals surface area (Å²) in [5.41, 5.74) is 0.987. The van der Waals surface area contributed by atoms with E-state index in [9.17, 15) is 15.0 Å². The summed E-state index contributed by atoms with van der Waals surface area (Å²) >= 11 is 0. The average Bonchev–Trinajstić information content (AvgIpc) is 2.57. The Balaban J connectivity index is 2.47. The predicted octanol–water partition coefficient (Wildman–Crippen LogP) is 3.99. The number of hydrogen-bond donors (Lipinski definition) is 2. The van der Waals surface area contributed by atoms with Crippen molar-refractivity contribution in [3.05, 3.63) is 23.8 Å². The van der Waals surface area contributed by atoms with Crippen molar-refractivity contribution in [3.63, 3.8) is 0 Å². The number of phenolic OH excluding ortho intramolecular Hbond substituents is 1. The number of esters is 1. The molecule has 0 spiro atoms. The molecule has 25 heavy (non-hydrogen) atoms. The van der Waals surface area contributed by atoms with E-state index in [1.807, 2.05) is 6.07 Å². The first kappa shape index (κ1) is 21.3. The molecule has 0 bridgehead atoms. The molecule has 1 aromatic rings. The van der Waals surface area contributed by atoms with Crippen molar-refractivity contribution >= 4 is 5.97 Å². The van der Waals surface area contributed by atoms with Gasteiger partial charge in [-0.3, -0.25) is 4.79 Å². The highest BCUT2D eigenvalue weighted by Gasteiger charge is 2.17. The number of methoxy groups -OCH3 is 1. The largest absolute Gasteiger partial charge is 0.504 e. The third-order valence-corrected chi connectivity index (χ3v) is 4.26. The van der Waals surface area contributed by atoms with Crippen molar-refractivity contribution in [2.75, 3.05) is 7.11 Å². The summed E-state index contributed by atoms with van der Waals surface area (Å²) in [4.78, 5) is 11.3. The molecule has 0 amide bonds. The third kappa shape index (κ3) is 8.77. The fraction of sp³-hybridized carbons (Fsp3) is 0.650. The Hall–Kier alpha value is -1.75. The molecule has 0 aliphatic carbocycles. The highest BCUT2D eigenvalue weighted by atomic mass is 16.5. The summed E-state index contributed by atoms with van der Waals surface area (Å²) in [7, 11) is 1.51. The second-order valence-electron chi connectivity index (χ2n) is 6.52. The molecular formula is C20H32O5. The Labute approximate surface area is 151 Å². The minimum absolute atomic E-state index is 0.105. The molecule has 0 heterocycles. The molecule has 2 unspecified atom stereocenters. The van der Waals surface area contributed by atoms with Crippen LogP contribution in [0.5, 0.6) is 11.5 Å². The molecule has 0 radical (unpaired) electrons. The maximum atomic E-state index is 11.3. The van der Waals surface area contributed by atoms with Crippen LogP contribution in [0, 0.1) is 0 Å². The Morgan fingerprint density at radius 3 is 2.60 bits per heavy atom. The van der Waals surface area contributed by atoms with Crippen LogP contribution in [-0.4, -0.2) is 35.5 Å². The first-order valence-corrected chi connectivity index (χ1v) is 9.17. The van der Waals surface area contributed by atoms with Gasteiger partial charge < -0.3 is 19.7 Å². The molecular weight excluding hydrogens is 320 g/mol. The fourth-order valence-electron chi connectivity index (χ4n) is 2.89. The maximum absolute atomic E-state index is 11.3. The number of phenols is 1. The van der Waals surface area contributed by atoms with Crippen LogP contribution in [0.15, 0.2) is 18.2 Å². The van der Waals surface area contributed by atoms with Crippen LogP contribution >= 0.6 is 0 Å². The van der Waals surface area contributed by atoms with Crippen LogP contribution in [0.1, 0.15) is 64.4 Å². The molecule has 1 rings (SSSR count). The zero-order valence-electron chi connectivity index (χ0n) is 15.7. The molecule has 1 aromatic carbocycles. The van der Waals surface area contributed by atoms with E-state index in [1.165, 1.54) is 20.5 Å². The first-order chi connectivity index (χ1) is 12.0. The molecule has 5 nitrogen and oxygen atoms in total. The molecule has 0 aromatic heterocycles. The van der Waals surface area contributed by atoms with Gasteiger partial charge in [0.25, 0.3) is 0 Å². The quantitative estimate of drug-likeness (QED) is 0.439. The minimum atomic E-state index is -0.532. The lowest BCUT2D eigenvalue weighted by molar-refractivity contribution is -0.148. The Morgan fingerprint density at radius 2 is 1.96 bits per heavy atom. The molecule has 0 saturated carbocycles. The zero-order valence-corrected chi connectivity index (χ0v) is 15.7. The highest BCUT2D eigenvalue weighted by Crippen LogP contribution is 2.27. The smallest absolute Gasteiger partial charge is 0.302 e. The van der Waals surface area contributed by atoms with Gasteiger partial charge in [-0.05, 0) is 43.4 Å². The van der Waals surface area contributed by atoms with Gasteiger partial charge >= 0.3 is 5.97 Å². The Bertz CT molecular complexity index is 515. The fourth-order valence-corrected chi connectivity index (χ4v) is 2.89. The van der Waals surface area contributed by atoms with Gasteiger partial charge in [0.05, 0.1) is 13.2 Å². The summed E-state index contributed by atoms with van der Waals surface area (Å²) in [5, 5.41) is 19.9. The van der Waals surface area contributed by atoms with E-state index >= 15 is 0 Å². The molecule has 0 fully saturated rings. The number of carbonyl (C=O) groups is 1. The van der Waals surface area contributed by atoms with Crippen LogP contribution in [0.2, 0.25) is 0 Å². The number of aromatic hydroxyl groups is 1. The van der Waals surface area contributed by atoms with Gasteiger partial charge in [0.2, 0.25) is 0 Å².